The summed E-state index contributed by atoms with van der Waals surface area (Å²) in [5, 5.41) is 0. The first-order valence-electron chi connectivity index (χ1n) is 10.1. The first-order chi connectivity index (χ1) is 14.5. The van der Waals surface area contributed by atoms with E-state index in [0.717, 1.165) is 36.1 Å². The highest BCUT2D eigenvalue weighted by atomic mass is 16.6. The molecule has 156 valence electrons. The second kappa shape index (κ2) is 8.57. The Morgan fingerprint density at radius 3 is 2.87 bits per heavy atom. The fourth-order valence-corrected chi connectivity index (χ4v) is 3.80. The van der Waals surface area contributed by atoms with Crippen LogP contribution in [-0.2, 0) is 11.2 Å². The number of amides is 1. The summed E-state index contributed by atoms with van der Waals surface area (Å²) in [6.07, 6.45) is 5.21. The number of nitrogens with zero attached hydrogens (tertiary/aromatic N) is 3. The number of allylic oxidation sites excluding steroid dienone is 1. The molecule has 30 heavy (non-hydrogen) atoms. The van der Waals surface area contributed by atoms with E-state index >= 15 is 0 Å². The van der Waals surface area contributed by atoms with Crippen LogP contribution < -0.4 is 9.64 Å². The molecule has 2 heterocycles. The summed E-state index contributed by atoms with van der Waals surface area (Å²) < 4.78 is 11.1. The van der Waals surface area contributed by atoms with Crippen LogP contribution in [0.25, 0.3) is 0 Å². The molecule has 2 aromatic rings. The van der Waals surface area contributed by atoms with Crippen LogP contribution in [0.15, 0.2) is 54.4 Å². The van der Waals surface area contributed by atoms with Crippen molar-refractivity contribution >= 4 is 17.6 Å². The van der Waals surface area contributed by atoms with Crippen molar-refractivity contribution in [1.82, 2.24) is 9.88 Å². The van der Waals surface area contributed by atoms with Gasteiger partial charge in [0.1, 0.15) is 6.61 Å². The summed E-state index contributed by atoms with van der Waals surface area (Å²) in [6, 6.07) is 11.0. The van der Waals surface area contributed by atoms with Crippen molar-refractivity contribution in [3.8, 4) is 5.88 Å². The maximum absolute atomic E-state index is 12.9. The van der Waals surface area contributed by atoms with Crippen molar-refractivity contribution in [2.75, 3.05) is 32.1 Å². The molecule has 4 rings (SSSR count). The first kappa shape index (κ1) is 19.9. The van der Waals surface area contributed by atoms with Crippen LogP contribution in [0.5, 0.6) is 5.88 Å². The third-order valence-electron chi connectivity index (χ3n) is 5.17. The Morgan fingerprint density at radius 2 is 2.10 bits per heavy atom. The van der Waals surface area contributed by atoms with Crippen LogP contribution in [0.3, 0.4) is 0 Å². The van der Waals surface area contributed by atoms with Crippen molar-refractivity contribution in [3.05, 3.63) is 65.5 Å². The van der Waals surface area contributed by atoms with Crippen LogP contribution >= 0.6 is 0 Å². The summed E-state index contributed by atoms with van der Waals surface area (Å²) in [5.41, 5.74) is 3.25. The topological polar surface area (TPSA) is 72.0 Å². The summed E-state index contributed by atoms with van der Waals surface area (Å²) >= 11 is 0. The number of rotatable bonds is 5. The highest BCUT2D eigenvalue weighted by molar-refractivity contribution is 6.10. The molecule has 0 spiro atoms. The zero-order chi connectivity index (χ0) is 21.1. The van der Waals surface area contributed by atoms with E-state index in [0.29, 0.717) is 18.0 Å². The van der Waals surface area contributed by atoms with Gasteiger partial charge in [-0.3, -0.25) is 9.69 Å². The molecule has 1 unspecified atom stereocenters. The SMILES string of the molecule is CN(C)C=C1CCCc2cc(N3CC(COc4ccccn4)OC3=O)ccc2C1=O. The Bertz CT molecular complexity index is 972. The highest BCUT2D eigenvalue weighted by Gasteiger charge is 2.33. The first-order valence-corrected chi connectivity index (χ1v) is 10.1. The molecule has 1 fully saturated rings. The lowest BCUT2D eigenvalue weighted by atomic mass is 9.99. The lowest BCUT2D eigenvalue weighted by molar-refractivity contribution is 0.102. The van der Waals surface area contributed by atoms with Crippen LogP contribution in [0, 0.1) is 0 Å². The molecular formula is C23H25N3O4. The predicted octanol–water partition coefficient (Wildman–Crippen LogP) is 3.45. The quantitative estimate of drug-likeness (QED) is 0.558. The number of fused-ring (bicyclic) bond motifs is 1. The largest absolute Gasteiger partial charge is 0.474 e. The lowest BCUT2D eigenvalue weighted by Crippen LogP contribution is -2.27. The number of hydrogen-bond acceptors (Lipinski definition) is 6. The molecule has 1 amide bonds. The molecule has 1 aromatic heterocycles. The zero-order valence-electron chi connectivity index (χ0n) is 17.2. The number of cyclic esters (lactones) is 1. The van der Waals surface area contributed by atoms with E-state index in [4.69, 9.17) is 9.47 Å². The Hall–Kier alpha value is -3.35. The van der Waals surface area contributed by atoms with Crippen molar-refractivity contribution < 1.29 is 19.1 Å². The molecule has 0 bridgehead atoms. The zero-order valence-corrected chi connectivity index (χ0v) is 17.2. The standard InChI is InChI=1S/C23H25N3O4/c1-25(2)13-17-7-5-6-16-12-18(9-10-20(16)22(17)27)26-14-19(30-23(26)28)15-29-21-8-3-4-11-24-21/h3-4,8-13,19H,5-7,14-15H2,1-2H3. The number of carbonyl (C=O) groups excluding carboxylic acids is 2. The summed E-state index contributed by atoms with van der Waals surface area (Å²) in [5.74, 6) is 0.561. The van der Waals surface area contributed by atoms with Crippen molar-refractivity contribution in [1.29, 1.82) is 0 Å². The molecule has 7 nitrogen and oxygen atoms in total. The second-order valence-electron chi connectivity index (χ2n) is 7.74. The van der Waals surface area contributed by atoms with E-state index < -0.39 is 6.09 Å². The van der Waals surface area contributed by atoms with E-state index in [-0.39, 0.29) is 18.5 Å². The molecule has 0 radical (unpaired) electrons. The number of ether oxygens (including phenoxy) is 2. The fraction of sp³-hybridized carbons (Fsp3) is 0.348. The van der Waals surface area contributed by atoms with Crippen molar-refractivity contribution in [3.63, 3.8) is 0 Å². The third kappa shape index (κ3) is 4.30. The van der Waals surface area contributed by atoms with E-state index in [1.165, 1.54) is 0 Å². The second-order valence-corrected chi connectivity index (χ2v) is 7.74. The monoisotopic (exact) mass is 407 g/mol. The van der Waals surface area contributed by atoms with E-state index in [1.807, 2.05) is 55.5 Å². The number of anilines is 1. The van der Waals surface area contributed by atoms with E-state index in [2.05, 4.69) is 4.98 Å². The van der Waals surface area contributed by atoms with Crippen molar-refractivity contribution in [2.24, 2.45) is 0 Å². The predicted molar refractivity (Wildman–Crippen MR) is 113 cm³/mol. The Kier molecular flexibility index (Phi) is 5.70. The van der Waals surface area contributed by atoms with Gasteiger partial charge in [-0.05, 0) is 49.1 Å². The summed E-state index contributed by atoms with van der Waals surface area (Å²) in [7, 11) is 3.84. The van der Waals surface area contributed by atoms with Gasteiger partial charge in [-0.25, -0.2) is 9.78 Å². The number of hydrogen-bond donors (Lipinski definition) is 0. The molecule has 0 N–H and O–H groups in total. The Morgan fingerprint density at radius 1 is 1.23 bits per heavy atom. The number of aryl methyl sites for hydroxylation is 1. The van der Waals surface area contributed by atoms with Gasteiger partial charge in [-0.2, -0.15) is 0 Å². The number of Topliss-reactive ketones (excluding diaryl/α,β-unsaturated/α-hetero) is 1. The van der Waals surface area contributed by atoms with Gasteiger partial charge in [0, 0.05) is 49.4 Å². The Balaban J connectivity index is 1.48. The van der Waals surface area contributed by atoms with Crippen molar-refractivity contribution in [2.45, 2.75) is 25.4 Å². The van der Waals surface area contributed by atoms with Gasteiger partial charge >= 0.3 is 6.09 Å². The van der Waals surface area contributed by atoms with Crippen LogP contribution in [0.4, 0.5) is 10.5 Å². The van der Waals surface area contributed by atoms with Crippen LogP contribution in [0.1, 0.15) is 28.8 Å². The molecular weight excluding hydrogens is 382 g/mol. The van der Waals surface area contributed by atoms with E-state index in [1.54, 1.807) is 17.2 Å². The average Bonchev–Trinajstić information content (AvgIpc) is 3.04. The fourth-order valence-electron chi connectivity index (χ4n) is 3.80. The molecule has 1 aliphatic carbocycles. The van der Waals surface area contributed by atoms with Crippen LogP contribution in [-0.4, -0.2) is 55.1 Å². The van der Waals surface area contributed by atoms with E-state index in [9.17, 15) is 9.59 Å². The minimum atomic E-state index is -0.405. The molecule has 7 heteroatoms. The molecule has 0 saturated carbocycles. The number of aromatic nitrogens is 1. The summed E-state index contributed by atoms with van der Waals surface area (Å²) in [6.45, 7) is 0.631. The number of pyridine rings is 1. The normalized spacial score (nSPS) is 20.0. The van der Waals surface area contributed by atoms with Gasteiger partial charge in [0.05, 0.1) is 6.54 Å². The maximum Gasteiger partial charge on any atom is 0.414 e. The van der Waals surface area contributed by atoms with Gasteiger partial charge in [0.2, 0.25) is 5.88 Å². The van der Waals surface area contributed by atoms with Gasteiger partial charge in [-0.1, -0.05) is 6.07 Å². The number of ketones is 1. The average molecular weight is 407 g/mol. The van der Waals surface area contributed by atoms with Gasteiger partial charge in [-0.15, -0.1) is 0 Å². The van der Waals surface area contributed by atoms with Crippen LogP contribution in [0.2, 0.25) is 0 Å². The molecule has 1 saturated heterocycles. The molecule has 2 aliphatic rings. The molecule has 1 aromatic carbocycles. The summed E-state index contributed by atoms with van der Waals surface area (Å²) in [4.78, 5) is 32.9. The molecule has 1 aliphatic heterocycles. The maximum atomic E-state index is 12.9. The number of benzene rings is 1. The minimum absolute atomic E-state index is 0.0633. The minimum Gasteiger partial charge on any atom is -0.474 e. The molecule has 1 atom stereocenters. The third-order valence-corrected chi connectivity index (χ3v) is 5.17. The van der Waals surface area contributed by atoms with Gasteiger partial charge < -0.3 is 14.4 Å². The van der Waals surface area contributed by atoms with Gasteiger partial charge in [0.15, 0.2) is 11.9 Å². The smallest absolute Gasteiger partial charge is 0.414 e. The number of carbonyl (C=O) groups is 2. The Labute approximate surface area is 175 Å². The highest BCUT2D eigenvalue weighted by Crippen LogP contribution is 2.30. The van der Waals surface area contributed by atoms with Gasteiger partial charge in [0.25, 0.3) is 0 Å². The lowest BCUT2D eigenvalue weighted by Gasteiger charge is -2.16.